The first-order chi connectivity index (χ1) is 12.5. The summed E-state index contributed by atoms with van der Waals surface area (Å²) in [5, 5.41) is 0. The quantitative estimate of drug-likeness (QED) is 0.769. The normalized spacial score (nSPS) is 18.9. The molecule has 6 heteroatoms. The van der Waals surface area contributed by atoms with Gasteiger partial charge in [0, 0.05) is 32.7 Å². The van der Waals surface area contributed by atoms with Crippen molar-refractivity contribution in [2.75, 3.05) is 32.7 Å². The maximum atomic E-state index is 12.5. The Morgan fingerprint density at radius 3 is 2.08 bits per heavy atom. The van der Waals surface area contributed by atoms with Crippen LogP contribution < -0.4 is 0 Å². The van der Waals surface area contributed by atoms with Crippen LogP contribution in [0.4, 0.5) is 0 Å². The third-order valence-electron chi connectivity index (χ3n) is 5.18. The molecule has 3 rings (SSSR count). The van der Waals surface area contributed by atoms with Crippen LogP contribution in [-0.4, -0.2) is 65.1 Å². The van der Waals surface area contributed by atoms with Gasteiger partial charge in [-0.15, -0.1) is 0 Å². The number of aryl methyl sites for hydroxylation is 1. The van der Waals surface area contributed by atoms with Crippen LogP contribution in [0.2, 0.25) is 0 Å². The summed E-state index contributed by atoms with van der Waals surface area (Å²) in [7, 11) is 0. The van der Waals surface area contributed by atoms with Crippen LogP contribution in [0.1, 0.15) is 36.8 Å². The summed E-state index contributed by atoms with van der Waals surface area (Å²) >= 11 is 0. The Bertz CT molecular complexity index is 663. The number of benzene rings is 1. The molecule has 2 saturated heterocycles. The van der Waals surface area contributed by atoms with Gasteiger partial charge < -0.3 is 14.7 Å². The number of rotatable bonds is 4. The highest BCUT2D eigenvalue weighted by molar-refractivity contribution is 6.35. The molecule has 140 valence electrons. The summed E-state index contributed by atoms with van der Waals surface area (Å²) in [6, 6.07) is 7.94. The van der Waals surface area contributed by atoms with Gasteiger partial charge in [0.1, 0.15) is 6.54 Å². The molecule has 0 aromatic heterocycles. The number of carbonyl (C=O) groups excluding carboxylic acids is 3. The lowest BCUT2D eigenvalue weighted by Crippen LogP contribution is -2.56. The van der Waals surface area contributed by atoms with Crippen LogP contribution in [0, 0.1) is 6.92 Å². The smallest absolute Gasteiger partial charge is 0.312 e. The third kappa shape index (κ3) is 4.42. The van der Waals surface area contributed by atoms with Gasteiger partial charge in [-0.2, -0.15) is 0 Å². The van der Waals surface area contributed by atoms with Crippen LogP contribution in [0.25, 0.3) is 0 Å². The van der Waals surface area contributed by atoms with Crippen LogP contribution in [0.15, 0.2) is 24.3 Å². The average Bonchev–Trinajstić information content (AvgIpc) is 2.92. The number of carbonyl (C=O) groups is 3. The summed E-state index contributed by atoms with van der Waals surface area (Å²) < 4.78 is 0. The molecular weight excluding hydrogens is 330 g/mol. The van der Waals surface area contributed by atoms with Gasteiger partial charge >= 0.3 is 11.8 Å². The van der Waals surface area contributed by atoms with E-state index >= 15 is 0 Å². The van der Waals surface area contributed by atoms with E-state index in [0.717, 1.165) is 49.9 Å². The van der Waals surface area contributed by atoms with E-state index in [1.807, 2.05) is 36.1 Å². The lowest BCUT2D eigenvalue weighted by Gasteiger charge is -2.34. The Morgan fingerprint density at radius 1 is 0.846 bits per heavy atom. The largest absolute Gasteiger partial charge is 0.341 e. The van der Waals surface area contributed by atoms with Gasteiger partial charge in [-0.3, -0.25) is 14.4 Å². The molecule has 1 aromatic rings. The molecular formula is C20H27N3O3. The van der Waals surface area contributed by atoms with Gasteiger partial charge in [-0.05, 0) is 25.3 Å². The standard InChI is InChI=1S/C20H27N3O3/c1-16-6-8-17(9-7-16)14-22-12-13-23(20(26)19(22)25)15-18(24)21-10-4-2-3-5-11-21/h6-9H,2-5,10-15H2,1H3. The number of nitrogens with zero attached hydrogens (tertiary/aromatic N) is 3. The van der Waals surface area contributed by atoms with Crippen molar-refractivity contribution in [1.82, 2.24) is 14.7 Å². The number of piperazine rings is 1. The zero-order valence-electron chi connectivity index (χ0n) is 15.4. The predicted molar refractivity (Wildman–Crippen MR) is 98.2 cm³/mol. The summed E-state index contributed by atoms with van der Waals surface area (Å²) in [6.45, 7) is 4.85. The number of hydrogen-bond acceptors (Lipinski definition) is 3. The van der Waals surface area contributed by atoms with Crippen molar-refractivity contribution in [1.29, 1.82) is 0 Å². The van der Waals surface area contributed by atoms with Crippen LogP contribution in [-0.2, 0) is 20.9 Å². The van der Waals surface area contributed by atoms with E-state index in [0.29, 0.717) is 19.6 Å². The SMILES string of the molecule is Cc1ccc(CN2CCN(CC(=O)N3CCCCCC3)C(=O)C2=O)cc1. The van der Waals surface area contributed by atoms with Crippen LogP contribution in [0.5, 0.6) is 0 Å². The van der Waals surface area contributed by atoms with Gasteiger partial charge in [0.25, 0.3) is 0 Å². The van der Waals surface area contributed by atoms with Gasteiger partial charge in [0.05, 0.1) is 0 Å². The number of likely N-dealkylation sites (tertiary alicyclic amines) is 1. The Labute approximate surface area is 154 Å². The Morgan fingerprint density at radius 2 is 1.42 bits per heavy atom. The van der Waals surface area contributed by atoms with Crippen molar-refractivity contribution in [3.8, 4) is 0 Å². The molecule has 2 aliphatic heterocycles. The second-order valence-electron chi connectivity index (χ2n) is 7.23. The van der Waals surface area contributed by atoms with Gasteiger partial charge in [0.2, 0.25) is 5.91 Å². The van der Waals surface area contributed by atoms with E-state index in [1.165, 1.54) is 4.90 Å². The zero-order valence-corrected chi connectivity index (χ0v) is 15.4. The summed E-state index contributed by atoms with van der Waals surface area (Å²) in [6.07, 6.45) is 4.34. The molecule has 2 heterocycles. The molecule has 6 nitrogen and oxygen atoms in total. The summed E-state index contributed by atoms with van der Waals surface area (Å²) in [4.78, 5) is 42.2. The second kappa shape index (κ2) is 8.34. The Hall–Kier alpha value is -2.37. The fourth-order valence-corrected chi connectivity index (χ4v) is 3.51. The minimum atomic E-state index is -0.563. The first kappa shape index (κ1) is 18.4. The van der Waals surface area contributed by atoms with Crippen molar-refractivity contribution in [3.05, 3.63) is 35.4 Å². The Kier molecular flexibility index (Phi) is 5.91. The van der Waals surface area contributed by atoms with Crippen LogP contribution >= 0.6 is 0 Å². The molecule has 1 aromatic carbocycles. The molecule has 0 unspecified atom stereocenters. The zero-order chi connectivity index (χ0) is 18.5. The second-order valence-corrected chi connectivity index (χ2v) is 7.23. The van der Waals surface area contributed by atoms with E-state index < -0.39 is 11.8 Å². The molecule has 0 N–H and O–H groups in total. The molecule has 26 heavy (non-hydrogen) atoms. The number of hydrogen-bond donors (Lipinski definition) is 0. The Balaban J connectivity index is 1.56. The monoisotopic (exact) mass is 357 g/mol. The van der Waals surface area contributed by atoms with Crippen molar-refractivity contribution in [2.24, 2.45) is 0 Å². The van der Waals surface area contributed by atoms with Crippen molar-refractivity contribution >= 4 is 17.7 Å². The lowest BCUT2D eigenvalue weighted by molar-refractivity contribution is -0.158. The third-order valence-corrected chi connectivity index (χ3v) is 5.18. The van der Waals surface area contributed by atoms with E-state index in [9.17, 15) is 14.4 Å². The highest BCUT2D eigenvalue weighted by Crippen LogP contribution is 2.14. The van der Waals surface area contributed by atoms with Gasteiger partial charge in [0.15, 0.2) is 0 Å². The number of amides is 3. The van der Waals surface area contributed by atoms with Crippen molar-refractivity contribution in [3.63, 3.8) is 0 Å². The topological polar surface area (TPSA) is 60.9 Å². The molecule has 0 atom stereocenters. The van der Waals surface area contributed by atoms with E-state index in [-0.39, 0.29) is 12.5 Å². The average molecular weight is 357 g/mol. The molecule has 0 bridgehead atoms. The van der Waals surface area contributed by atoms with E-state index in [1.54, 1.807) is 4.90 Å². The fourth-order valence-electron chi connectivity index (χ4n) is 3.51. The highest BCUT2D eigenvalue weighted by atomic mass is 16.2. The highest BCUT2D eigenvalue weighted by Gasteiger charge is 2.34. The molecule has 0 aliphatic carbocycles. The first-order valence-electron chi connectivity index (χ1n) is 9.46. The summed E-state index contributed by atoms with van der Waals surface area (Å²) in [5.74, 6) is -1.12. The predicted octanol–water partition coefficient (Wildman–Crippen LogP) is 1.57. The molecule has 0 radical (unpaired) electrons. The van der Waals surface area contributed by atoms with Crippen LogP contribution in [0.3, 0.4) is 0 Å². The fraction of sp³-hybridized carbons (Fsp3) is 0.550. The molecule has 2 fully saturated rings. The molecule has 3 amide bonds. The van der Waals surface area contributed by atoms with Gasteiger partial charge in [-0.25, -0.2) is 0 Å². The lowest BCUT2D eigenvalue weighted by atomic mass is 10.1. The minimum Gasteiger partial charge on any atom is -0.341 e. The maximum absolute atomic E-state index is 12.5. The molecule has 0 spiro atoms. The first-order valence-corrected chi connectivity index (χ1v) is 9.46. The maximum Gasteiger partial charge on any atom is 0.312 e. The summed E-state index contributed by atoms with van der Waals surface area (Å²) in [5.41, 5.74) is 2.17. The van der Waals surface area contributed by atoms with Crippen molar-refractivity contribution < 1.29 is 14.4 Å². The molecule has 0 saturated carbocycles. The van der Waals surface area contributed by atoms with Crippen molar-refractivity contribution in [2.45, 2.75) is 39.2 Å². The molecule has 2 aliphatic rings. The van der Waals surface area contributed by atoms with E-state index in [2.05, 4.69) is 0 Å². The minimum absolute atomic E-state index is 0.0168. The van der Waals surface area contributed by atoms with Gasteiger partial charge in [-0.1, -0.05) is 42.7 Å². The van der Waals surface area contributed by atoms with E-state index in [4.69, 9.17) is 0 Å².